The van der Waals surface area contributed by atoms with Crippen molar-refractivity contribution in [3.05, 3.63) is 81.0 Å². The number of amides is 1. The normalized spacial score (nSPS) is 12.4. The molecule has 34 heavy (non-hydrogen) atoms. The fourth-order valence-corrected chi connectivity index (χ4v) is 4.85. The Morgan fingerprint density at radius 2 is 2.03 bits per heavy atom. The average Bonchev–Trinajstić information content (AvgIpc) is 2.77. The summed E-state index contributed by atoms with van der Waals surface area (Å²) in [6.45, 7) is 3.04. The van der Waals surface area contributed by atoms with Gasteiger partial charge < -0.3 is 11.1 Å². The lowest BCUT2D eigenvalue weighted by atomic mass is 10.2. The molecule has 0 bridgehead atoms. The molecule has 0 saturated carbocycles. The molecular weight excluding hydrogens is 480 g/mol. The van der Waals surface area contributed by atoms with E-state index in [0.717, 1.165) is 10.4 Å². The molecule has 0 aliphatic carbocycles. The second kappa shape index (κ2) is 10.9. The van der Waals surface area contributed by atoms with Crippen molar-refractivity contribution in [3.63, 3.8) is 0 Å². The Balaban J connectivity index is 1.71. The number of anilines is 1. The van der Waals surface area contributed by atoms with Crippen molar-refractivity contribution in [3.8, 4) is 0 Å². The maximum absolute atomic E-state index is 12.8. The standard InChI is InChI=1S/C22H25ClN6O4S/c1-14-6-7-17(11-19(14)34(32,33)27-10-8-16-5-3-4-9-25-16)28-20(30)13-29-22(31)21(15(2)24)18(23)12-26-29/h3-7,9,11-12,15,27H,8,10,13,24H2,1-2H3,(H,28,30). The zero-order valence-electron chi connectivity index (χ0n) is 18.7. The van der Waals surface area contributed by atoms with E-state index in [-0.39, 0.29) is 27.7 Å². The summed E-state index contributed by atoms with van der Waals surface area (Å²) in [4.78, 5) is 29.2. The van der Waals surface area contributed by atoms with E-state index in [4.69, 9.17) is 17.3 Å². The van der Waals surface area contributed by atoms with Gasteiger partial charge in [-0.25, -0.2) is 17.8 Å². The van der Waals surface area contributed by atoms with Crippen LogP contribution < -0.4 is 21.3 Å². The van der Waals surface area contributed by atoms with Crippen LogP contribution in [0, 0.1) is 6.92 Å². The molecule has 0 radical (unpaired) electrons. The Morgan fingerprint density at radius 3 is 2.71 bits per heavy atom. The van der Waals surface area contributed by atoms with Gasteiger partial charge in [-0.3, -0.25) is 14.6 Å². The lowest BCUT2D eigenvalue weighted by Crippen LogP contribution is -2.33. The minimum absolute atomic E-state index is 0.0346. The van der Waals surface area contributed by atoms with E-state index in [9.17, 15) is 18.0 Å². The van der Waals surface area contributed by atoms with Gasteiger partial charge in [0.15, 0.2) is 0 Å². The smallest absolute Gasteiger partial charge is 0.273 e. The summed E-state index contributed by atoms with van der Waals surface area (Å²) < 4.78 is 29.2. The Labute approximate surface area is 202 Å². The first-order valence-electron chi connectivity index (χ1n) is 10.4. The highest BCUT2D eigenvalue weighted by atomic mass is 35.5. The van der Waals surface area contributed by atoms with E-state index in [2.05, 4.69) is 20.1 Å². The lowest BCUT2D eigenvalue weighted by molar-refractivity contribution is -0.117. The predicted octanol–water partition coefficient (Wildman–Crippen LogP) is 1.78. The molecule has 1 amide bonds. The largest absolute Gasteiger partial charge is 0.324 e. The van der Waals surface area contributed by atoms with Crippen LogP contribution >= 0.6 is 11.6 Å². The molecule has 180 valence electrons. The van der Waals surface area contributed by atoms with Crippen LogP contribution in [-0.2, 0) is 27.8 Å². The fraction of sp³-hybridized carbons (Fsp3) is 0.273. The van der Waals surface area contributed by atoms with E-state index in [1.165, 1.54) is 12.3 Å². The predicted molar refractivity (Wildman–Crippen MR) is 129 cm³/mol. The molecule has 2 aromatic heterocycles. The second-order valence-electron chi connectivity index (χ2n) is 7.65. The monoisotopic (exact) mass is 504 g/mol. The number of halogens is 1. The molecule has 1 atom stereocenters. The third-order valence-electron chi connectivity index (χ3n) is 4.94. The molecule has 0 aliphatic heterocycles. The molecule has 3 rings (SSSR count). The summed E-state index contributed by atoms with van der Waals surface area (Å²) in [7, 11) is -3.83. The molecular formula is C22H25ClN6O4S. The number of rotatable bonds is 9. The minimum Gasteiger partial charge on any atom is -0.324 e. The van der Waals surface area contributed by atoms with Gasteiger partial charge in [0.25, 0.3) is 5.56 Å². The molecule has 0 saturated heterocycles. The van der Waals surface area contributed by atoms with Gasteiger partial charge in [0.2, 0.25) is 15.9 Å². The molecule has 0 fully saturated rings. The number of hydrogen-bond acceptors (Lipinski definition) is 7. The lowest BCUT2D eigenvalue weighted by Gasteiger charge is -2.13. The van der Waals surface area contributed by atoms with Crippen molar-refractivity contribution in [2.45, 2.75) is 37.8 Å². The van der Waals surface area contributed by atoms with E-state index < -0.39 is 34.1 Å². The highest BCUT2D eigenvalue weighted by Crippen LogP contribution is 2.20. The number of nitrogens with one attached hydrogen (secondary N) is 2. The first-order chi connectivity index (χ1) is 16.1. The summed E-state index contributed by atoms with van der Waals surface area (Å²) in [5, 5.41) is 6.60. The number of benzene rings is 1. The number of carbonyl (C=O) groups excluding carboxylic acids is 1. The Morgan fingerprint density at radius 1 is 1.26 bits per heavy atom. The highest BCUT2D eigenvalue weighted by Gasteiger charge is 2.19. The number of nitrogens with two attached hydrogens (primary N) is 1. The van der Waals surface area contributed by atoms with Crippen LogP contribution in [0.4, 0.5) is 5.69 Å². The summed E-state index contributed by atoms with van der Waals surface area (Å²) >= 11 is 5.99. The number of aromatic nitrogens is 3. The van der Waals surface area contributed by atoms with Crippen LogP contribution in [0.3, 0.4) is 0 Å². The number of carbonyl (C=O) groups is 1. The van der Waals surface area contributed by atoms with Crippen molar-refractivity contribution in [1.82, 2.24) is 19.5 Å². The quantitative estimate of drug-likeness (QED) is 0.402. The highest BCUT2D eigenvalue weighted by molar-refractivity contribution is 7.89. The van der Waals surface area contributed by atoms with Gasteiger partial charge in [-0.15, -0.1) is 0 Å². The van der Waals surface area contributed by atoms with Gasteiger partial charge in [0, 0.05) is 36.6 Å². The van der Waals surface area contributed by atoms with Gasteiger partial charge in [0.1, 0.15) is 6.54 Å². The molecule has 12 heteroatoms. The maximum Gasteiger partial charge on any atom is 0.273 e. The van der Waals surface area contributed by atoms with Gasteiger partial charge in [-0.2, -0.15) is 5.10 Å². The van der Waals surface area contributed by atoms with Gasteiger partial charge in [-0.1, -0.05) is 23.7 Å². The van der Waals surface area contributed by atoms with E-state index >= 15 is 0 Å². The molecule has 0 aliphatic rings. The van der Waals surface area contributed by atoms with Crippen molar-refractivity contribution in [2.75, 3.05) is 11.9 Å². The average molecular weight is 505 g/mol. The summed E-state index contributed by atoms with van der Waals surface area (Å²) in [5.74, 6) is -0.567. The first-order valence-corrected chi connectivity index (χ1v) is 12.3. The zero-order valence-corrected chi connectivity index (χ0v) is 20.2. The Hall–Kier alpha value is -3.12. The number of sulfonamides is 1. The molecule has 1 unspecified atom stereocenters. The molecule has 4 N–H and O–H groups in total. The van der Waals surface area contributed by atoms with Crippen molar-refractivity contribution in [1.29, 1.82) is 0 Å². The third kappa shape index (κ3) is 6.26. The molecule has 2 heterocycles. The number of aryl methyl sites for hydroxylation is 1. The summed E-state index contributed by atoms with van der Waals surface area (Å²) in [6, 6.07) is 9.32. The maximum atomic E-state index is 12.8. The SMILES string of the molecule is Cc1ccc(NC(=O)Cn2ncc(Cl)c(C(C)N)c2=O)cc1S(=O)(=O)NCCc1ccccn1. The van der Waals surface area contributed by atoms with Crippen LogP contribution in [0.2, 0.25) is 5.02 Å². The van der Waals surface area contributed by atoms with E-state index in [0.29, 0.717) is 12.0 Å². The topological polar surface area (TPSA) is 149 Å². The number of pyridine rings is 1. The number of nitrogens with zero attached hydrogens (tertiary/aromatic N) is 3. The molecule has 0 spiro atoms. The molecule has 3 aromatic rings. The van der Waals surface area contributed by atoms with Crippen LogP contribution in [0.1, 0.15) is 29.8 Å². The fourth-order valence-electron chi connectivity index (χ4n) is 3.25. The minimum atomic E-state index is -3.83. The van der Waals surface area contributed by atoms with Crippen molar-refractivity contribution >= 4 is 33.2 Å². The van der Waals surface area contributed by atoms with Crippen LogP contribution in [0.15, 0.2) is 58.5 Å². The van der Waals surface area contributed by atoms with Crippen molar-refractivity contribution < 1.29 is 13.2 Å². The van der Waals surface area contributed by atoms with Gasteiger partial charge >= 0.3 is 0 Å². The summed E-state index contributed by atoms with van der Waals surface area (Å²) in [6.07, 6.45) is 3.33. The van der Waals surface area contributed by atoms with E-state index in [1.54, 1.807) is 38.2 Å². The van der Waals surface area contributed by atoms with Gasteiger partial charge in [-0.05, 0) is 43.7 Å². The Kier molecular flexibility index (Phi) is 8.15. The third-order valence-corrected chi connectivity index (χ3v) is 6.85. The van der Waals surface area contributed by atoms with E-state index in [1.807, 2.05) is 12.1 Å². The molecule has 10 nitrogen and oxygen atoms in total. The first kappa shape index (κ1) is 25.5. The molecule has 1 aromatic carbocycles. The van der Waals surface area contributed by atoms with Crippen LogP contribution in [0.25, 0.3) is 0 Å². The van der Waals surface area contributed by atoms with Crippen LogP contribution in [0.5, 0.6) is 0 Å². The van der Waals surface area contributed by atoms with Crippen molar-refractivity contribution in [2.24, 2.45) is 5.73 Å². The second-order valence-corrected chi connectivity index (χ2v) is 9.80. The van der Waals surface area contributed by atoms with Gasteiger partial charge in [0.05, 0.1) is 21.7 Å². The Bertz CT molecular complexity index is 1340. The number of hydrogen-bond donors (Lipinski definition) is 3. The van der Waals surface area contributed by atoms with Crippen LogP contribution in [-0.4, -0.2) is 35.6 Å². The summed E-state index contributed by atoms with van der Waals surface area (Å²) in [5.41, 5.74) is 6.91. The zero-order chi connectivity index (χ0) is 24.9.